The number of rotatable bonds is 3. The lowest BCUT2D eigenvalue weighted by molar-refractivity contribution is 0.590. The molecule has 0 radical (unpaired) electrons. The zero-order chi connectivity index (χ0) is 13.9. The molecule has 0 aliphatic heterocycles. The summed E-state index contributed by atoms with van der Waals surface area (Å²) in [4.78, 5) is 11.1. The molecule has 0 aromatic heterocycles. The molecule has 2 rings (SSSR count). The van der Waals surface area contributed by atoms with Crippen LogP contribution in [0.2, 0.25) is 0 Å². The molecule has 2 aromatic carbocycles. The van der Waals surface area contributed by atoms with Gasteiger partial charge in [0.25, 0.3) is 0 Å². The Kier molecular flexibility index (Phi) is 3.65. The third-order valence-corrected chi connectivity index (χ3v) is 3.06. The zero-order valence-corrected chi connectivity index (χ0v) is 11.5. The summed E-state index contributed by atoms with van der Waals surface area (Å²) in [6.07, 6.45) is 0. The molecule has 0 amide bonds. The van der Waals surface area contributed by atoms with E-state index in [4.69, 9.17) is 0 Å². The zero-order valence-electron chi connectivity index (χ0n) is 11.5. The first kappa shape index (κ1) is 13.3. The lowest BCUT2D eigenvalue weighted by Crippen LogP contribution is -2.12. The van der Waals surface area contributed by atoms with Crippen molar-refractivity contribution >= 4 is 11.4 Å². The molecule has 0 aliphatic rings. The highest BCUT2D eigenvalue weighted by molar-refractivity contribution is 5.62. The standard InChI is InChI=1S/C16H18N2O/c1-16(2,3)13-9-11-15(12-10-13)18(17-19)14-7-5-4-6-8-14/h4-12H,1-3H3. The van der Waals surface area contributed by atoms with Crippen LogP contribution in [-0.2, 0) is 5.41 Å². The molecule has 0 saturated carbocycles. The number of benzene rings is 2. The molecule has 0 heterocycles. The molecule has 3 nitrogen and oxygen atoms in total. The third kappa shape index (κ3) is 2.99. The number of para-hydroxylation sites is 1. The minimum Gasteiger partial charge on any atom is -0.197 e. The van der Waals surface area contributed by atoms with Gasteiger partial charge in [-0.25, -0.2) is 0 Å². The summed E-state index contributed by atoms with van der Waals surface area (Å²) in [5, 5.41) is 4.50. The fraction of sp³-hybridized carbons (Fsp3) is 0.250. The Balaban J connectivity index is 2.33. The van der Waals surface area contributed by atoms with Crippen LogP contribution in [0, 0.1) is 4.91 Å². The minimum absolute atomic E-state index is 0.102. The molecule has 0 unspecified atom stereocenters. The van der Waals surface area contributed by atoms with Crippen LogP contribution in [-0.4, -0.2) is 0 Å². The molecule has 0 spiro atoms. The van der Waals surface area contributed by atoms with Crippen molar-refractivity contribution in [3.8, 4) is 0 Å². The van der Waals surface area contributed by atoms with Crippen LogP contribution in [0.1, 0.15) is 26.3 Å². The Bertz CT molecular complexity index is 541. The average Bonchev–Trinajstić information content (AvgIpc) is 2.40. The highest BCUT2D eigenvalue weighted by Gasteiger charge is 2.15. The number of hydrogen-bond donors (Lipinski definition) is 0. The largest absolute Gasteiger partial charge is 0.197 e. The summed E-state index contributed by atoms with van der Waals surface area (Å²) >= 11 is 0. The van der Waals surface area contributed by atoms with Gasteiger partial charge in [0.05, 0.1) is 16.7 Å². The van der Waals surface area contributed by atoms with E-state index in [1.807, 2.05) is 54.6 Å². The first-order valence-corrected chi connectivity index (χ1v) is 6.31. The maximum Gasteiger partial charge on any atom is 0.0685 e. The van der Waals surface area contributed by atoms with E-state index in [9.17, 15) is 4.91 Å². The third-order valence-electron chi connectivity index (χ3n) is 3.06. The van der Waals surface area contributed by atoms with Crippen LogP contribution in [0.3, 0.4) is 0 Å². The van der Waals surface area contributed by atoms with Crippen molar-refractivity contribution in [3.63, 3.8) is 0 Å². The first-order valence-electron chi connectivity index (χ1n) is 6.31. The number of nitroso groups, excluding NO2 is 1. The highest BCUT2D eigenvalue weighted by Crippen LogP contribution is 2.28. The van der Waals surface area contributed by atoms with Crippen molar-refractivity contribution in [3.05, 3.63) is 65.1 Å². The summed E-state index contributed by atoms with van der Waals surface area (Å²) in [5.41, 5.74) is 2.87. The van der Waals surface area contributed by atoms with Crippen LogP contribution in [0.25, 0.3) is 0 Å². The summed E-state index contributed by atoms with van der Waals surface area (Å²) in [6, 6.07) is 17.3. The van der Waals surface area contributed by atoms with E-state index < -0.39 is 0 Å². The van der Waals surface area contributed by atoms with Gasteiger partial charge in [0.15, 0.2) is 0 Å². The van der Waals surface area contributed by atoms with Crippen molar-refractivity contribution in [1.82, 2.24) is 0 Å². The second kappa shape index (κ2) is 5.22. The Morgan fingerprint density at radius 1 is 0.842 bits per heavy atom. The van der Waals surface area contributed by atoms with E-state index in [2.05, 4.69) is 26.1 Å². The van der Waals surface area contributed by atoms with Crippen molar-refractivity contribution in [2.24, 2.45) is 5.29 Å². The second-order valence-corrected chi connectivity index (χ2v) is 5.53. The van der Waals surface area contributed by atoms with E-state index in [-0.39, 0.29) is 5.41 Å². The Morgan fingerprint density at radius 2 is 1.37 bits per heavy atom. The molecule has 0 saturated heterocycles. The van der Waals surface area contributed by atoms with E-state index >= 15 is 0 Å². The van der Waals surface area contributed by atoms with Crippen LogP contribution in [0.4, 0.5) is 11.4 Å². The van der Waals surface area contributed by atoms with Gasteiger partial charge in [-0.05, 0) is 35.2 Å². The van der Waals surface area contributed by atoms with Gasteiger partial charge in [-0.3, -0.25) is 0 Å². The fourth-order valence-corrected chi connectivity index (χ4v) is 1.92. The maximum absolute atomic E-state index is 11.1. The van der Waals surface area contributed by atoms with Crippen LogP contribution < -0.4 is 5.01 Å². The summed E-state index contributed by atoms with van der Waals surface area (Å²) in [7, 11) is 0. The van der Waals surface area contributed by atoms with E-state index in [1.165, 1.54) is 10.6 Å². The Labute approximate surface area is 113 Å². The Morgan fingerprint density at radius 3 is 1.84 bits per heavy atom. The molecule has 19 heavy (non-hydrogen) atoms. The lowest BCUT2D eigenvalue weighted by atomic mass is 9.87. The normalized spacial score (nSPS) is 11.1. The molecule has 0 N–H and O–H groups in total. The molecule has 0 aliphatic carbocycles. The van der Waals surface area contributed by atoms with Crippen molar-refractivity contribution in [2.75, 3.05) is 5.01 Å². The van der Waals surface area contributed by atoms with Crippen molar-refractivity contribution in [2.45, 2.75) is 26.2 Å². The molecule has 2 aromatic rings. The van der Waals surface area contributed by atoms with Gasteiger partial charge >= 0.3 is 0 Å². The summed E-state index contributed by atoms with van der Waals surface area (Å²) < 4.78 is 0. The predicted octanol–water partition coefficient (Wildman–Crippen LogP) is 4.80. The van der Waals surface area contributed by atoms with Gasteiger partial charge in [-0.1, -0.05) is 51.1 Å². The maximum atomic E-state index is 11.1. The Hall–Kier alpha value is -2.16. The molecule has 98 valence electrons. The number of nitrogens with zero attached hydrogens (tertiary/aromatic N) is 2. The van der Waals surface area contributed by atoms with Crippen LogP contribution >= 0.6 is 0 Å². The van der Waals surface area contributed by atoms with Gasteiger partial charge in [0.2, 0.25) is 0 Å². The second-order valence-electron chi connectivity index (χ2n) is 5.53. The molecule has 3 heteroatoms. The quantitative estimate of drug-likeness (QED) is 0.582. The van der Waals surface area contributed by atoms with E-state index in [1.54, 1.807) is 0 Å². The van der Waals surface area contributed by atoms with E-state index in [0.717, 1.165) is 11.4 Å². The first-order chi connectivity index (χ1) is 9.02. The van der Waals surface area contributed by atoms with E-state index in [0.29, 0.717) is 0 Å². The summed E-state index contributed by atoms with van der Waals surface area (Å²) in [6.45, 7) is 6.48. The molecule has 0 bridgehead atoms. The smallest absolute Gasteiger partial charge is 0.0685 e. The van der Waals surface area contributed by atoms with Gasteiger partial charge in [0, 0.05) is 0 Å². The van der Waals surface area contributed by atoms with Gasteiger partial charge in [-0.15, -0.1) is 4.91 Å². The minimum atomic E-state index is 0.102. The monoisotopic (exact) mass is 254 g/mol. The van der Waals surface area contributed by atoms with Crippen molar-refractivity contribution in [1.29, 1.82) is 0 Å². The molecular formula is C16H18N2O. The molecule has 0 fully saturated rings. The van der Waals surface area contributed by atoms with Crippen LogP contribution in [0.15, 0.2) is 59.9 Å². The fourth-order valence-electron chi connectivity index (χ4n) is 1.92. The molecule has 0 atom stereocenters. The van der Waals surface area contributed by atoms with Gasteiger partial charge in [0.1, 0.15) is 0 Å². The van der Waals surface area contributed by atoms with Gasteiger partial charge in [-0.2, -0.15) is 5.01 Å². The van der Waals surface area contributed by atoms with Gasteiger partial charge < -0.3 is 0 Å². The SMILES string of the molecule is CC(C)(C)c1ccc(N(N=O)c2ccccc2)cc1. The predicted molar refractivity (Wildman–Crippen MR) is 79.5 cm³/mol. The number of anilines is 2. The van der Waals surface area contributed by atoms with Crippen LogP contribution in [0.5, 0.6) is 0 Å². The average molecular weight is 254 g/mol. The molecular weight excluding hydrogens is 236 g/mol. The van der Waals surface area contributed by atoms with Crippen molar-refractivity contribution < 1.29 is 0 Å². The summed E-state index contributed by atoms with van der Waals surface area (Å²) in [5.74, 6) is 0. The lowest BCUT2D eigenvalue weighted by Gasteiger charge is -2.21. The topological polar surface area (TPSA) is 32.7 Å². The highest BCUT2D eigenvalue weighted by atomic mass is 16.3. The number of hydrogen-bond acceptors (Lipinski definition) is 2.